The summed E-state index contributed by atoms with van der Waals surface area (Å²) in [7, 11) is 0. The van der Waals surface area contributed by atoms with E-state index in [1.807, 2.05) is 32.0 Å². The van der Waals surface area contributed by atoms with Gasteiger partial charge in [0.25, 0.3) is 0 Å². The molecule has 1 heterocycles. The van der Waals surface area contributed by atoms with Gasteiger partial charge in [-0.1, -0.05) is 57.2 Å². The number of hydrogen-bond donors (Lipinski definition) is 1. The maximum atomic E-state index is 11.8. The number of hydrogen-bond acceptors (Lipinski definition) is 2. The Hall–Kier alpha value is -2.62. The zero-order valence-corrected chi connectivity index (χ0v) is 16.0. The second-order valence-electron chi connectivity index (χ2n) is 7.08. The minimum Gasteiger partial charge on any atom is -0.346 e. The predicted octanol–water partition coefficient (Wildman–Crippen LogP) is 4.80. The van der Waals surface area contributed by atoms with Gasteiger partial charge in [-0.3, -0.25) is 4.79 Å². The smallest absolute Gasteiger partial charge is 0.220 e. The molecule has 0 aliphatic heterocycles. The normalized spacial score (nSPS) is 12.5. The molecule has 3 rings (SSSR count). The third-order valence-corrected chi connectivity index (χ3v) is 4.76. The molecule has 4 heteroatoms. The van der Waals surface area contributed by atoms with Gasteiger partial charge >= 0.3 is 0 Å². The molecule has 0 aliphatic rings. The number of nitrogens with one attached hydrogen (secondary N) is 1. The van der Waals surface area contributed by atoms with Gasteiger partial charge in [-0.05, 0) is 36.1 Å². The summed E-state index contributed by atoms with van der Waals surface area (Å²) < 4.78 is 2.21. The first kappa shape index (κ1) is 18.2. The van der Waals surface area contributed by atoms with Crippen LogP contribution >= 0.6 is 0 Å². The minimum atomic E-state index is -0.134. The second kappa shape index (κ2) is 7.73. The molecule has 136 valence electrons. The van der Waals surface area contributed by atoms with Gasteiger partial charge < -0.3 is 9.88 Å². The van der Waals surface area contributed by atoms with Crippen molar-refractivity contribution in [3.8, 4) is 0 Å². The van der Waals surface area contributed by atoms with Crippen LogP contribution in [-0.2, 0) is 11.3 Å². The van der Waals surface area contributed by atoms with Gasteiger partial charge in [0.1, 0.15) is 5.82 Å². The number of imidazole rings is 1. The van der Waals surface area contributed by atoms with Crippen molar-refractivity contribution in [1.82, 2.24) is 14.9 Å². The highest BCUT2D eigenvalue weighted by Gasteiger charge is 2.18. The van der Waals surface area contributed by atoms with Crippen LogP contribution in [0.4, 0.5) is 0 Å². The lowest BCUT2D eigenvalue weighted by Crippen LogP contribution is -2.28. The highest BCUT2D eigenvalue weighted by Crippen LogP contribution is 2.23. The zero-order chi connectivity index (χ0) is 18.7. The van der Waals surface area contributed by atoms with Gasteiger partial charge in [0, 0.05) is 13.0 Å². The SMILES string of the molecule is CCC(=O)NC(C)c1nc2ccccc2n1Cc1ccc(C(C)C)cc1. The zero-order valence-electron chi connectivity index (χ0n) is 16.0. The van der Waals surface area contributed by atoms with Crippen molar-refractivity contribution in [3.63, 3.8) is 0 Å². The number of carbonyl (C=O) groups is 1. The van der Waals surface area contributed by atoms with Crippen LogP contribution < -0.4 is 5.32 Å². The maximum Gasteiger partial charge on any atom is 0.220 e. The Morgan fingerprint density at radius 3 is 2.42 bits per heavy atom. The van der Waals surface area contributed by atoms with E-state index in [0.29, 0.717) is 12.3 Å². The van der Waals surface area contributed by atoms with Gasteiger partial charge in [0.15, 0.2) is 0 Å². The fraction of sp³-hybridized carbons (Fsp3) is 0.364. The van der Waals surface area contributed by atoms with E-state index in [1.54, 1.807) is 0 Å². The monoisotopic (exact) mass is 349 g/mol. The molecular formula is C22H27N3O. The highest BCUT2D eigenvalue weighted by atomic mass is 16.1. The summed E-state index contributed by atoms with van der Waals surface area (Å²) in [6.07, 6.45) is 0.473. The second-order valence-corrected chi connectivity index (χ2v) is 7.08. The van der Waals surface area contributed by atoms with E-state index in [2.05, 4.69) is 54.1 Å². The maximum absolute atomic E-state index is 11.8. The van der Waals surface area contributed by atoms with Gasteiger partial charge in [-0.2, -0.15) is 0 Å². The van der Waals surface area contributed by atoms with E-state index in [1.165, 1.54) is 11.1 Å². The summed E-state index contributed by atoms with van der Waals surface area (Å²) in [5, 5.41) is 3.03. The van der Waals surface area contributed by atoms with Crippen LogP contribution in [0.2, 0.25) is 0 Å². The Kier molecular flexibility index (Phi) is 5.40. The third-order valence-electron chi connectivity index (χ3n) is 4.76. The van der Waals surface area contributed by atoms with Crippen molar-refractivity contribution in [3.05, 3.63) is 65.5 Å². The molecule has 1 N–H and O–H groups in total. The standard InChI is InChI=1S/C22H27N3O/c1-5-21(26)23-16(4)22-24-19-8-6-7-9-20(19)25(22)14-17-10-12-18(13-11-17)15(2)3/h6-13,15-16H,5,14H2,1-4H3,(H,23,26). The Bertz CT molecular complexity index is 893. The molecule has 0 fully saturated rings. The molecular weight excluding hydrogens is 322 g/mol. The van der Waals surface area contributed by atoms with Crippen LogP contribution in [0, 0.1) is 0 Å². The van der Waals surface area contributed by atoms with Gasteiger partial charge in [0.2, 0.25) is 5.91 Å². The molecule has 0 saturated heterocycles. The van der Waals surface area contributed by atoms with Gasteiger partial charge in [-0.15, -0.1) is 0 Å². The largest absolute Gasteiger partial charge is 0.346 e. The summed E-state index contributed by atoms with van der Waals surface area (Å²) >= 11 is 0. The van der Waals surface area contributed by atoms with Crippen molar-refractivity contribution in [1.29, 1.82) is 0 Å². The van der Waals surface area contributed by atoms with Crippen LogP contribution in [0.25, 0.3) is 11.0 Å². The third kappa shape index (κ3) is 3.79. The Morgan fingerprint density at radius 1 is 1.08 bits per heavy atom. The summed E-state index contributed by atoms with van der Waals surface area (Å²) in [4.78, 5) is 16.6. The molecule has 1 unspecified atom stereocenters. The molecule has 2 aromatic carbocycles. The summed E-state index contributed by atoms with van der Waals surface area (Å²) in [6.45, 7) is 9.00. The molecule has 0 spiro atoms. The van der Waals surface area contributed by atoms with Crippen LogP contribution in [-0.4, -0.2) is 15.5 Å². The quantitative estimate of drug-likeness (QED) is 0.695. The number of benzene rings is 2. The molecule has 26 heavy (non-hydrogen) atoms. The first-order valence-electron chi connectivity index (χ1n) is 9.33. The topological polar surface area (TPSA) is 46.9 Å². The average molecular weight is 349 g/mol. The van der Waals surface area contributed by atoms with E-state index >= 15 is 0 Å². The molecule has 0 radical (unpaired) electrons. The number of carbonyl (C=O) groups excluding carboxylic acids is 1. The number of aromatic nitrogens is 2. The number of amides is 1. The fourth-order valence-electron chi connectivity index (χ4n) is 3.19. The van der Waals surface area contributed by atoms with Gasteiger partial charge in [-0.25, -0.2) is 4.98 Å². The lowest BCUT2D eigenvalue weighted by molar-refractivity contribution is -0.121. The Balaban J connectivity index is 1.97. The van der Waals surface area contributed by atoms with Crippen LogP contribution in [0.3, 0.4) is 0 Å². The number of nitrogens with zero attached hydrogens (tertiary/aromatic N) is 2. The van der Waals surface area contributed by atoms with Gasteiger partial charge in [0.05, 0.1) is 17.1 Å². The van der Waals surface area contributed by atoms with Crippen molar-refractivity contribution in [2.75, 3.05) is 0 Å². The van der Waals surface area contributed by atoms with Crippen LogP contribution in [0.1, 0.15) is 63.0 Å². The van der Waals surface area contributed by atoms with Crippen molar-refractivity contribution < 1.29 is 4.79 Å². The molecule has 3 aromatic rings. The number of rotatable bonds is 6. The van der Waals surface area contributed by atoms with Crippen molar-refractivity contribution in [2.45, 2.75) is 52.6 Å². The molecule has 1 atom stereocenters. The fourth-order valence-corrected chi connectivity index (χ4v) is 3.19. The highest BCUT2D eigenvalue weighted by molar-refractivity contribution is 5.78. The molecule has 1 amide bonds. The predicted molar refractivity (Wildman–Crippen MR) is 106 cm³/mol. The first-order chi connectivity index (χ1) is 12.5. The summed E-state index contributed by atoms with van der Waals surface area (Å²) in [5.74, 6) is 1.45. The Morgan fingerprint density at radius 2 is 1.77 bits per heavy atom. The van der Waals surface area contributed by atoms with E-state index < -0.39 is 0 Å². The molecule has 0 bridgehead atoms. The Labute approximate surface area is 155 Å². The molecule has 0 aliphatic carbocycles. The van der Waals surface area contributed by atoms with E-state index in [9.17, 15) is 4.79 Å². The average Bonchev–Trinajstić information content (AvgIpc) is 3.01. The van der Waals surface area contributed by atoms with Crippen LogP contribution in [0.5, 0.6) is 0 Å². The number of fused-ring (bicyclic) bond motifs is 1. The lowest BCUT2D eigenvalue weighted by atomic mass is 10.0. The van der Waals surface area contributed by atoms with Crippen molar-refractivity contribution in [2.24, 2.45) is 0 Å². The first-order valence-corrected chi connectivity index (χ1v) is 9.33. The summed E-state index contributed by atoms with van der Waals surface area (Å²) in [5.41, 5.74) is 4.62. The minimum absolute atomic E-state index is 0.0393. The number of para-hydroxylation sites is 2. The molecule has 4 nitrogen and oxygen atoms in total. The van der Waals surface area contributed by atoms with E-state index in [-0.39, 0.29) is 11.9 Å². The van der Waals surface area contributed by atoms with Crippen LogP contribution in [0.15, 0.2) is 48.5 Å². The van der Waals surface area contributed by atoms with Crippen molar-refractivity contribution >= 4 is 16.9 Å². The lowest BCUT2D eigenvalue weighted by Gasteiger charge is -2.16. The molecule has 0 saturated carbocycles. The molecule has 1 aromatic heterocycles. The van der Waals surface area contributed by atoms with E-state index in [4.69, 9.17) is 4.98 Å². The summed E-state index contributed by atoms with van der Waals surface area (Å²) in [6, 6.07) is 16.8. The van der Waals surface area contributed by atoms with E-state index in [0.717, 1.165) is 23.4 Å².